The molecule has 1 aromatic heterocycles. The summed E-state index contributed by atoms with van der Waals surface area (Å²) in [5, 5.41) is 2.74. The Morgan fingerprint density at radius 2 is 1.68 bits per heavy atom. The molecule has 1 N–H and O–H groups in total. The minimum Gasteiger partial charge on any atom is -0.497 e. The van der Waals surface area contributed by atoms with Gasteiger partial charge in [-0.1, -0.05) is 17.7 Å². The molecule has 0 aliphatic heterocycles. The fourth-order valence-corrected chi connectivity index (χ4v) is 5.12. The first kappa shape index (κ1) is 19.9. The highest BCUT2D eigenvalue weighted by atomic mass is 32.2. The molecule has 28 heavy (non-hydrogen) atoms. The van der Waals surface area contributed by atoms with Gasteiger partial charge in [0.05, 0.1) is 29.7 Å². The number of aryl methyl sites for hydroxylation is 1. The highest BCUT2D eigenvalue weighted by molar-refractivity contribution is 7.93. The van der Waals surface area contributed by atoms with E-state index in [1.54, 1.807) is 42.5 Å². The lowest BCUT2D eigenvalue weighted by Crippen LogP contribution is -2.11. The second-order valence-corrected chi connectivity index (χ2v) is 9.22. The molecule has 8 heteroatoms. The van der Waals surface area contributed by atoms with E-state index in [4.69, 9.17) is 9.47 Å². The molecule has 6 nitrogen and oxygen atoms in total. The van der Waals surface area contributed by atoms with E-state index in [-0.39, 0.29) is 14.0 Å². The Bertz CT molecular complexity index is 1100. The molecule has 0 unspecified atom stereocenters. The van der Waals surface area contributed by atoms with E-state index in [9.17, 15) is 13.2 Å². The summed E-state index contributed by atoms with van der Waals surface area (Å²) in [6.45, 7) is 1.89. The number of carbonyl (C=O) groups excluding carboxylic acids is 1. The number of sulfone groups is 1. The van der Waals surface area contributed by atoms with Gasteiger partial charge in [-0.25, -0.2) is 8.42 Å². The fraction of sp³-hybridized carbons (Fsp3) is 0.150. The number of anilines is 1. The maximum absolute atomic E-state index is 12.8. The maximum Gasteiger partial charge on any atom is 0.265 e. The Labute approximate surface area is 167 Å². The molecule has 2 aromatic carbocycles. The molecule has 1 amide bonds. The van der Waals surface area contributed by atoms with Crippen LogP contribution in [-0.4, -0.2) is 28.5 Å². The van der Waals surface area contributed by atoms with Crippen LogP contribution in [0.2, 0.25) is 0 Å². The van der Waals surface area contributed by atoms with Crippen LogP contribution < -0.4 is 14.8 Å². The molecule has 0 fully saturated rings. The van der Waals surface area contributed by atoms with E-state index in [1.807, 2.05) is 6.92 Å². The molecule has 0 aliphatic rings. The smallest absolute Gasteiger partial charge is 0.265 e. The lowest BCUT2D eigenvalue weighted by atomic mass is 10.2. The zero-order valence-electron chi connectivity index (χ0n) is 15.6. The van der Waals surface area contributed by atoms with Crippen molar-refractivity contribution < 1.29 is 22.7 Å². The van der Waals surface area contributed by atoms with Gasteiger partial charge >= 0.3 is 0 Å². The predicted molar refractivity (Wildman–Crippen MR) is 108 cm³/mol. The van der Waals surface area contributed by atoms with Gasteiger partial charge in [-0.2, -0.15) is 0 Å². The summed E-state index contributed by atoms with van der Waals surface area (Å²) < 4.78 is 36.1. The summed E-state index contributed by atoms with van der Waals surface area (Å²) >= 11 is 0.918. The summed E-state index contributed by atoms with van der Waals surface area (Å²) in [5.41, 5.74) is 1.40. The first-order chi connectivity index (χ1) is 13.3. The number of thiophene rings is 1. The number of nitrogens with one attached hydrogen (secondary N) is 1. The van der Waals surface area contributed by atoms with Crippen molar-refractivity contribution in [2.75, 3.05) is 19.5 Å². The third-order valence-electron chi connectivity index (χ3n) is 4.06. The van der Waals surface area contributed by atoms with Gasteiger partial charge in [0.2, 0.25) is 9.84 Å². The molecule has 0 atom stereocenters. The molecule has 146 valence electrons. The Morgan fingerprint density at radius 3 is 2.32 bits per heavy atom. The van der Waals surface area contributed by atoms with Crippen molar-refractivity contribution in [2.24, 2.45) is 0 Å². The number of hydrogen-bond donors (Lipinski definition) is 1. The first-order valence-corrected chi connectivity index (χ1v) is 10.6. The van der Waals surface area contributed by atoms with E-state index in [0.717, 1.165) is 16.9 Å². The lowest BCUT2D eigenvalue weighted by Gasteiger charge is -2.11. The van der Waals surface area contributed by atoms with Gasteiger partial charge in [-0.05, 0) is 43.3 Å². The van der Waals surface area contributed by atoms with Crippen molar-refractivity contribution in [3.63, 3.8) is 0 Å². The van der Waals surface area contributed by atoms with Crippen LogP contribution in [0.3, 0.4) is 0 Å². The van der Waals surface area contributed by atoms with Crippen LogP contribution in [0.5, 0.6) is 11.5 Å². The summed E-state index contributed by atoms with van der Waals surface area (Å²) in [6, 6.07) is 14.6. The largest absolute Gasteiger partial charge is 0.497 e. The van der Waals surface area contributed by atoms with Gasteiger partial charge in [-0.15, -0.1) is 11.3 Å². The maximum atomic E-state index is 12.8. The van der Waals surface area contributed by atoms with E-state index < -0.39 is 15.7 Å². The molecule has 3 aromatic rings. The average Bonchev–Trinajstić information content (AvgIpc) is 3.19. The second kappa shape index (κ2) is 8.04. The molecule has 3 rings (SSSR count). The molecule has 0 saturated carbocycles. The van der Waals surface area contributed by atoms with Crippen LogP contribution >= 0.6 is 11.3 Å². The number of ether oxygens (including phenoxy) is 2. The number of carbonyl (C=O) groups is 1. The Balaban J connectivity index is 1.86. The second-order valence-electron chi connectivity index (χ2n) is 5.96. The van der Waals surface area contributed by atoms with Crippen LogP contribution in [0, 0.1) is 6.92 Å². The minimum absolute atomic E-state index is 0.110. The number of benzene rings is 2. The molecular formula is C20H19NO5S2. The van der Waals surface area contributed by atoms with Crippen molar-refractivity contribution in [1.29, 1.82) is 0 Å². The predicted octanol–water partition coefficient (Wildman–Crippen LogP) is 4.16. The SMILES string of the molecule is COc1ccc(OC)c(NC(=O)c2ccc(S(=O)(=O)c3ccc(C)cc3)s2)c1. The minimum atomic E-state index is -3.67. The zero-order valence-corrected chi connectivity index (χ0v) is 17.2. The van der Waals surface area contributed by atoms with Crippen molar-refractivity contribution >= 4 is 32.8 Å². The molecule has 0 aliphatic carbocycles. The van der Waals surface area contributed by atoms with E-state index in [2.05, 4.69) is 5.32 Å². The molecule has 0 spiro atoms. The summed E-state index contributed by atoms with van der Waals surface area (Å²) in [7, 11) is -0.653. The summed E-state index contributed by atoms with van der Waals surface area (Å²) in [5.74, 6) is 0.602. The van der Waals surface area contributed by atoms with E-state index >= 15 is 0 Å². The third kappa shape index (κ3) is 4.02. The molecular weight excluding hydrogens is 398 g/mol. The Hall–Kier alpha value is -2.84. The number of rotatable bonds is 6. The van der Waals surface area contributed by atoms with Crippen LogP contribution in [0.25, 0.3) is 0 Å². The van der Waals surface area contributed by atoms with E-state index in [1.165, 1.54) is 26.4 Å². The molecule has 0 saturated heterocycles. The number of amides is 1. The van der Waals surface area contributed by atoms with E-state index in [0.29, 0.717) is 17.2 Å². The summed E-state index contributed by atoms with van der Waals surface area (Å²) in [6.07, 6.45) is 0. The Morgan fingerprint density at radius 1 is 0.964 bits per heavy atom. The first-order valence-electron chi connectivity index (χ1n) is 8.30. The van der Waals surface area contributed by atoms with Crippen LogP contribution in [-0.2, 0) is 9.84 Å². The number of methoxy groups -OCH3 is 2. The van der Waals surface area contributed by atoms with Crippen molar-refractivity contribution in [3.8, 4) is 11.5 Å². The van der Waals surface area contributed by atoms with Crippen LogP contribution in [0.15, 0.2) is 63.7 Å². The number of hydrogen-bond acceptors (Lipinski definition) is 6. The zero-order chi connectivity index (χ0) is 20.3. The van der Waals surface area contributed by atoms with Crippen LogP contribution in [0.4, 0.5) is 5.69 Å². The molecule has 1 heterocycles. The summed E-state index contributed by atoms with van der Waals surface area (Å²) in [4.78, 5) is 13.1. The quantitative estimate of drug-likeness (QED) is 0.651. The highest BCUT2D eigenvalue weighted by Crippen LogP contribution is 2.31. The van der Waals surface area contributed by atoms with Gasteiger partial charge in [0.1, 0.15) is 15.7 Å². The normalized spacial score (nSPS) is 11.1. The van der Waals surface area contributed by atoms with Gasteiger partial charge < -0.3 is 14.8 Å². The van der Waals surface area contributed by atoms with Crippen molar-refractivity contribution in [2.45, 2.75) is 16.0 Å². The molecule has 0 radical (unpaired) electrons. The average molecular weight is 418 g/mol. The molecule has 0 bridgehead atoms. The van der Waals surface area contributed by atoms with Crippen molar-refractivity contribution in [1.82, 2.24) is 0 Å². The lowest BCUT2D eigenvalue weighted by molar-refractivity contribution is 0.103. The monoisotopic (exact) mass is 417 g/mol. The highest BCUT2D eigenvalue weighted by Gasteiger charge is 2.22. The fourth-order valence-electron chi connectivity index (χ4n) is 2.52. The van der Waals surface area contributed by atoms with Crippen LogP contribution in [0.1, 0.15) is 15.2 Å². The topological polar surface area (TPSA) is 81.7 Å². The van der Waals surface area contributed by atoms with Gasteiger partial charge in [0.15, 0.2) is 0 Å². The van der Waals surface area contributed by atoms with Gasteiger partial charge in [0, 0.05) is 6.07 Å². The standard InChI is InChI=1S/C20H19NO5S2/c1-13-4-7-15(8-5-13)28(23,24)19-11-10-18(27-19)20(22)21-16-12-14(25-2)6-9-17(16)26-3/h4-12H,1-3H3,(H,21,22). The van der Waals surface area contributed by atoms with Crippen molar-refractivity contribution in [3.05, 3.63) is 65.0 Å². The third-order valence-corrected chi connectivity index (χ3v) is 7.40. The van der Waals surface area contributed by atoms with Gasteiger partial charge in [0.25, 0.3) is 5.91 Å². The Kier molecular flexibility index (Phi) is 5.71. The van der Waals surface area contributed by atoms with Gasteiger partial charge in [-0.3, -0.25) is 4.79 Å².